The molecule has 3 atom stereocenters. The second-order valence-corrected chi connectivity index (χ2v) is 24.7. The Labute approximate surface area is 219 Å². The van der Waals surface area contributed by atoms with Crippen LogP contribution in [-0.2, 0) is 14.2 Å². The average Bonchev–Trinajstić information content (AvgIpc) is 3.11. The quantitative estimate of drug-likeness (QED) is 0.151. The normalized spacial score (nSPS) is 21.2. The summed E-state index contributed by atoms with van der Waals surface area (Å²) in [4.78, 5) is 12.6. The maximum absolute atomic E-state index is 12.6. The van der Waals surface area contributed by atoms with Crippen LogP contribution < -0.4 is 0 Å². The Morgan fingerprint density at radius 1 is 1.00 bits per heavy atom. The molecular weight excluding hydrogens is 543 g/mol. The molecule has 2 rings (SSSR count). The minimum atomic E-state index is -2.50. The van der Waals surface area contributed by atoms with E-state index in [0.717, 1.165) is 0 Å². The molecule has 1 fully saturated rings. The third kappa shape index (κ3) is 9.51. The molecule has 0 unspecified atom stereocenters. The van der Waals surface area contributed by atoms with Gasteiger partial charge in [0.15, 0.2) is 0 Å². The van der Waals surface area contributed by atoms with Gasteiger partial charge in [-0.2, -0.15) is 0 Å². The molecule has 4 nitrogen and oxygen atoms in total. The van der Waals surface area contributed by atoms with Gasteiger partial charge in [-0.3, -0.25) is 0 Å². The van der Waals surface area contributed by atoms with Crippen LogP contribution in [0, 0.1) is 0 Å². The van der Waals surface area contributed by atoms with Crippen molar-refractivity contribution in [2.45, 2.75) is 131 Å². The number of ether oxygens (including phenoxy) is 3. The van der Waals surface area contributed by atoms with Crippen molar-refractivity contribution in [2.24, 2.45) is 0 Å². The fraction of sp³-hybridized carbons (Fsp3) is 0.700. The standard InChI is InChI=1S/C18H23O4.3C4H9.Sn/c1-5-9-15-16(22-18(3,4)21-15)12-13(2)20-17(19)14-10-7-6-8-11-14;3*1-3-4-2;/h6-11,13,15-16H,12H2,1-4H3;3*1,3-4H2,2H3;/t13-,15-,16-;;;;/m0..../s1. The molecule has 1 aliphatic heterocycles. The first kappa shape index (κ1) is 30.4. The van der Waals surface area contributed by atoms with Gasteiger partial charge in [-0.15, -0.1) is 0 Å². The predicted octanol–water partition coefficient (Wildman–Crippen LogP) is 8.48. The van der Waals surface area contributed by atoms with Crippen molar-refractivity contribution in [2.75, 3.05) is 0 Å². The molecule has 5 heteroatoms. The fourth-order valence-electron chi connectivity index (χ4n) is 5.32. The van der Waals surface area contributed by atoms with E-state index in [1.807, 2.05) is 39.0 Å². The van der Waals surface area contributed by atoms with Crippen LogP contribution in [0.3, 0.4) is 0 Å². The molecule has 0 aliphatic carbocycles. The molecule has 0 saturated carbocycles. The first-order chi connectivity index (χ1) is 16.7. The van der Waals surface area contributed by atoms with E-state index < -0.39 is 24.2 Å². The molecule has 0 aromatic heterocycles. The van der Waals surface area contributed by atoms with E-state index in [1.165, 1.54) is 51.8 Å². The van der Waals surface area contributed by atoms with Crippen molar-refractivity contribution >= 4 is 24.3 Å². The second kappa shape index (κ2) is 14.8. The van der Waals surface area contributed by atoms with E-state index in [0.29, 0.717) is 12.0 Å². The summed E-state index contributed by atoms with van der Waals surface area (Å²) in [6.07, 6.45) is 10.4. The number of hydrogen-bond donors (Lipinski definition) is 0. The SMILES string of the molecule is CCC[CH2][Sn]([CH2]CCC)([CH2]CCC)/[C](C)=C/[C@@H]1OC(C)(C)O[C@H]1C[C@H](C)OC(=O)c1ccccc1. The van der Waals surface area contributed by atoms with E-state index in [4.69, 9.17) is 14.2 Å². The number of allylic oxidation sites excluding steroid dienone is 1. The number of rotatable bonds is 15. The second-order valence-electron chi connectivity index (χ2n) is 10.9. The van der Waals surface area contributed by atoms with Gasteiger partial charge in [-0.05, 0) is 0 Å². The number of unbranched alkanes of at least 4 members (excludes halogenated alkanes) is 3. The van der Waals surface area contributed by atoms with E-state index in [2.05, 4.69) is 33.8 Å². The van der Waals surface area contributed by atoms with E-state index in [-0.39, 0.29) is 24.3 Å². The average molecular weight is 593 g/mol. The molecule has 198 valence electrons. The van der Waals surface area contributed by atoms with Gasteiger partial charge in [0.2, 0.25) is 0 Å². The van der Waals surface area contributed by atoms with Crippen LogP contribution in [0.15, 0.2) is 40.0 Å². The Balaban J connectivity index is 2.21. The van der Waals surface area contributed by atoms with Crippen molar-refractivity contribution in [1.29, 1.82) is 0 Å². The van der Waals surface area contributed by atoms with Gasteiger partial charge < -0.3 is 0 Å². The molecule has 1 aromatic carbocycles. The summed E-state index contributed by atoms with van der Waals surface area (Å²) < 4.78 is 24.5. The number of hydrogen-bond acceptors (Lipinski definition) is 4. The van der Waals surface area contributed by atoms with Crippen LogP contribution >= 0.6 is 0 Å². The molecule has 35 heavy (non-hydrogen) atoms. The summed E-state index contributed by atoms with van der Waals surface area (Å²) in [6, 6.07) is 9.19. The van der Waals surface area contributed by atoms with Crippen LogP contribution in [0.25, 0.3) is 0 Å². The zero-order valence-corrected chi connectivity index (χ0v) is 26.3. The van der Waals surface area contributed by atoms with Gasteiger partial charge in [0.1, 0.15) is 0 Å². The zero-order chi connectivity index (χ0) is 25.9. The molecule has 1 saturated heterocycles. The van der Waals surface area contributed by atoms with Gasteiger partial charge in [-0.1, -0.05) is 0 Å². The van der Waals surface area contributed by atoms with Gasteiger partial charge in [0.25, 0.3) is 0 Å². The Kier molecular flexibility index (Phi) is 12.8. The van der Waals surface area contributed by atoms with Crippen LogP contribution in [0.4, 0.5) is 0 Å². The fourth-order valence-corrected chi connectivity index (χ4v) is 21.1. The van der Waals surface area contributed by atoms with Crippen LogP contribution in [0.2, 0.25) is 13.3 Å². The third-order valence-corrected chi connectivity index (χ3v) is 23.9. The molecule has 0 spiro atoms. The zero-order valence-electron chi connectivity index (χ0n) is 23.4. The minimum absolute atomic E-state index is 0.0937. The molecule has 1 aliphatic rings. The summed E-state index contributed by atoms with van der Waals surface area (Å²) in [5.41, 5.74) is 0.581. The Bertz CT molecular complexity index is 767. The van der Waals surface area contributed by atoms with Crippen molar-refractivity contribution in [3.8, 4) is 0 Å². The number of carbonyl (C=O) groups is 1. The first-order valence-electron chi connectivity index (χ1n) is 14.0. The van der Waals surface area contributed by atoms with Gasteiger partial charge in [0, 0.05) is 0 Å². The van der Waals surface area contributed by atoms with Gasteiger partial charge >= 0.3 is 220 Å². The number of carbonyl (C=O) groups excluding carboxylic acids is 1. The van der Waals surface area contributed by atoms with Crippen molar-refractivity contribution < 1.29 is 19.0 Å². The first-order valence-corrected chi connectivity index (χ1v) is 21.4. The summed E-state index contributed by atoms with van der Waals surface area (Å²) in [5, 5.41) is 0. The van der Waals surface area contributed by atoms with Crippen molar-refractivity contribution in [3.05, 3.63) is 45.6 Å². The van der Waals surface area contributed by atoms with E-state index >= 15 is 0 Å². The predicted molar refractivity (Wildman–Crippen MR) is 148 cm³/mol. The molecule has 1 aromatic rings. The summed E-state index contributed by atoms with van der Waals surface area (Å²) >= 11 is -2.50. The summed E-state index contributed by atoms with van der Waals surface area (Å²) in [7, 11) is 0. The molecule has 0 bridgehead atoms. The summed E-state index contributed by atoms with van der Waals surface area (Å²) in [6.45, 7) is 15.3. The maximum atomic E-state index is 12.6. The van der Waals surface area contributed by atoms with Crippen LogP contribution in [0.1, 0.15) is 104 Å². The number of benzene rings is 1. The molecule has 0 amide bonds. The third-order valence-electron chi connectivity index (χ3n) is 7.38. The summed E-state index contributed by atoms with van der Waals surface area (Å²) in [5.74, 6) is -0.919. The van der Waals surface area contributed by atoms with E-state index in [1.54, 1.807) is 15.7 Å². The number of esters is 1. The Hall–Kier alpha value is -0.851. The van der Waals surface area contributed by atoms with Crippen LogP contribution in [-0.4, -0.2) is 48.4 Å². The van der Waals surface area contributed by atoms with Crippen LogP contribution in [0.5, 0.6) is 0 Å². The van der Waals surface area contributed by atoms with Crippen molar-refractivity contribution in [1.82, 2.24) is 0 Å². The monoisotopic (exact) mass is 594 g/mol. The van der Waals surface area contributed by atoms with Crippen molar-refractivity contribution in [3.63, 3.8) is 0 Å². The molecule has 0 radical (unpaired) electrons. The van der Waals surface area contributed by atoms with E-state index in [9.17, 15) is 4.79 Å². The van der Waals surface area contributed by atoms with Gasteiger partial charge in [0.05, 0.1) is 0 Å². The van der Waals surface area contributed by atoms with Gasteiger partial charge in [-0.25, -0.2) is 0 Å². The topological polar surface area (TPSA) is 44.8 Å². The molecule has 0 N–H and O–H groups in total. The molecular formula is C30H50O4Sn. The Morgan fingerprint density at radius 2 is 1.54 bits per heavy atom. The Morgan fingerprint density at radius 3 is 2.06 bits per heavy atom. The molecule has 1 heterocycles.